The van der Waals surface area contributed by atoms with Gasteiger partial charge in [0.25, 0.3) is 5.91 Å². The monoisotopic (exact) mass is 361 g/mol. The molecule has 2 rings (SSSR count). The number of para-hydroxylation sites is 2. The van der Waals surface area contributed by atoms with Crippen molar-refractivity contribution in [1.82, 2.24) is 0 Å². The molecule has 0 atom stereocenters. The van der Waals surface area contributed by atoms with Gasteiger partial charge in [-0.15, -0.1) is 0 Å². The van der Waals surface area contributed by atoms with Gasteiger partial charge in [-0.3, -0.25) is 4.79 Å². The van der Waals surface area contributed by atoms with Crippen LogP contribution >= 0.6 is 11.6 Å². The van der Waals surface area contributed by atoms with Crippen LogP contribution < -0.4 is 10.1 Å². The summed E-state index contributed by atoms with van der Waals surface area (Å²) in [6.45, 7) is -1.51. The van der Waals surface area contributed by atoms with Crippen molar-refractivity contribution >= 4 is 23.2 Å². The molecule has 2 aromatic carbocycles. The minimum Gasteiger partial charge on any atom is -0.485 e. The van der Waals surface area contributed by atoms with E-state index in [9.17, 15) is 22.4 Å². The third-order valence-corrected chi connectivity index (χ3v) is 3.32. The van der Waals surface area contributed by atoms with Gasteiger partial charge in [-0.25, -0.2) is 8.78 Å². The zero-order valence-corrected chi connectivity index (χ0v) is 12.9. The van der Waals surface area contributed by atoms with Crippen molar-refractivity contribution in [1.29, 1.82) is 0 Å². The largest absolute Gasteiger partial charge is 0.485 e. The fourth-order valence-electron chi connectivity index (χ4n) is 1.77. The molecular formula is C16H12ClF4NO2. The minimum atomic E-state index is -4.29. The molecule has 0 fully saturated rings. The lowest BCUT2D eigenvalue weighted by molar-refractivity contribution is -0.148. The van der Waals surface area contributed by atoms with E-state index in [2.05, 4.69) is 5.32 Å². The van der Waals surface area contributed by atoms with Crippen LogP contribution in [0.4, 0.5) is 23.2 Å². The standard InChI is InChI=1S/C16H12ClF4NO2/c17-11-6-2-1-5-10(11)14(23)22-12-7-3-4-8-13(12)24-9-16(20,21)15(18)19/h1-8,15H,9H2,(H,22,23). The quantitative estimate of drug-likeness (QED) is 0.745. The zero-order valence-electron chi connectivity index (χ0n) is 12.1. The molecule has 0 bridgehead atoms. The first-order valence-electron chi connectivity index (χ1n) is 6.75. The van der Waals surface area contributed by atoms with Gasteiger partial charge in [-0.2, -0.15) is 8.78 Å². The summed E-state index contributed by atoms with van der Waals surface area (Å²) in [6.07, 6.45) is -3.85. The van der Waals surface area contributed by atoms with E-state index in [-0.39, 0.29) is 22.0 Å². The molecule has 2 aromatic rings. The van der Waals surface area contributed by atoms with Crippen molar-refractivity contribution in [3.05, 3.63) is 59.1 Å². The van der Waals surface area contributed by atoms with Gasteiger partial charge in [-0.05, 0) is 24.3 Å². The Balaban J connectivity index is 2.15. The number of halogens is 5. The molecule has 0 aromatic heterocycles. The number of carbonyl (C=O) groups excluding carboxylic acids is 1. The normalized spacial score (nSPS) is 11.4. The first-order valence-corrected chi connectivity index (χ1v) is 7.13. The second-order valence-corrected chi connectivity index (χ2v) is 5.19. The number of rotatable bonds is 6. The fraction of sp³-hybridized carbons (Fsp3) is 0.188. The lowest BCUT2D eigenvalue weighted by atomic mass is 10.2. The second-order valence-electron chi connectivity index (χ2n) is 4.78. The van der Waals surface area contributed by atoms with E-state index in [1.807, 2.05) is 0 Å². The van der Waals surface area contributed by atoms with Crippen molar-refractivity contribution in [2.75, 3.05) is 11.9 Å². The highest BCUT2D eigenvalue weighted by Gasteiger charge is 2.41. The lowest BCUT2D eigenvalue weighted by Gasteiger charge is -2.18. The maximum Gasteiger partial charge on any atom is 0.340 e. The molecule has 0 saturated heterocycles. The topological polar surface area (TPSA) is 38.3 Å². The van der Waals surface area contributed by atoms with Gasteiger partial charge in [-0.1, -0.05) is 35.9 Å². The molecule has 1 N–H and O–H groups in total. The second kappa shape index (κ2) is 7.53. The van der Waals surface area contributed by atoms with Gasteiger partial charge in [0.15, 0.2) is 6.61 Å². The van der Waals surface area contributed by atoms with Crippen LogP contribution in [0.2, 0.25) is 5.02 Å². The number of amides is 1. The number of nitrogens with one attached hydrogen (secondary N) is 1. The average molecular weight is 362 g/mol. The van der Waals surface area contributed by atoms with Gasteiger partial charge in [0.05, 0.1) is 16.3 Å². The Labute approximate surface area is 140 Å². The summed E-state index contributed by atoms with van der Waals surface area (Å²) in [7, 11) is 0. The summed E-state index contributed by atoms with van der Waals surface area (Å²) < 4.78 is 55.0. The highest BCUT2D eigenvalue weighted by Crippen LogP contribution is 2.29. The van der Waals surface area contributed by atoms with E-state index in [0.29, 0.717) is 0 Å². The maximum absolute atomic E-state index is 13.0. The van der Waals surface area contributed by atoms with Crippen molar-refractivity contribution in [2.45, 2.75) is 12.3 Å². The molecule has 0 spiro atoms. The van der Waals surface area contributed by atoms with E-state index in [4.69, 9.17) is 16.3 Å². The number of hydrogen-bond acceptors (Lipinski definition) is 2. The molecule has 8 heteroatoms. The van der Waals surface area contributed by atoms with E-state index < -0.39 is 24.9 Å². The molecule has 128 valence electrons. The highest BCUT2D eigenvalue weighted by molar-refractivity contribution is 6.34. The van der Waals surface area contributed by atoms with Crippen molar-refractivity contribution in [3.63, 3.8) is 0 Å². The summed E-state index contributed by atoms with van der Waals surface area (Å²) in [5.74, 6) is -5.03. The Kier molecular flexibility index (Phi) is 5.66. The molecule has 24 heavy (non-hydrogen) atoms. The van der Waals surface area contributed by atoms with Crippen LogP contribution in [-0.4, -0.2) is 24.9 Å². The molecule has 0 radical (unpaired) electrons. The predicted molar refractivity (Wildman–Crippen MR) is 82.3 cm³/mol. The molecule has 0 aliphatic heterocycles. The molecule has 0 aliphatic rings. The van der Waals surface area contributed by atoms with Gasteiger partial charge in [0.2, 0.25) is 0 Å². The summed E-state index contributed by atoms with van der Waals surface area (Å²) in [5.41, 5.74) is 0.236. The molecule has 0 unspecified atom stereocenters. The smallest absolute Gasteiger partial charge is 0.340 e. The molecule has 0 aliphatic carbocycles. The number of anilines is 1. The third kappa shape index (κ3) is 4.38. The minimum absolute atomic E-state index is 0.0625. The summed E-state index contributed by atoms with van der Waals surface area (Å²) in [6, 6.07) is 11.9. The van der Waals surface area contributed by atoms with Crippen molar-refractivity contribution in [2.24, 2.45) is 0 Å². The Morgan fingerprint density at radius 2 is 1.75 bits per heavy atom. The van der Waals surface area contributed by atoms with Gasteiger partial charge >= 0.3 is 12.3 Å². The number of alkyl halides is 4. The predicted octanol–water partition coefficient (Wildman–Crippen LogP) is 4.87. The molecule has 1 amide bonds. The van der Waals surface area contributed by atoms with Crippen LogP contribution in [0.5, 0.6) is 5.75 Å². The van der Waals surface area contributed by atoms with Gasteiger partial charge in [0.1, 0.15) is 5.75 Å². The van der Waals surface area contributed by atoms with E-state index >= 15 is 0 Å². The SMILES string of the molecule is O=C(Nc1ccccc1OCC(F)(F)C(F)F)c1ccccc1Cl. The highest BCUT2D eigenvalue weighted by atomic mass is 35.5. The molecule has 0 heterocycles. The summed E-state index contributed by atoms with van der Waals surface area (Å²) >= 11 is 5.91. The van der Waals surface area contributed by atoms with E-state index in [1.165, 1.54) is 36.4 Å². The Bertz CT molecular complexity index is 725. The van der Waals surface area contributed by atoms with Crippen molar-refractivity contribution in [3.8, 4) is 5.75 Å². The van der Waals surface area contributed by atoms with Crippen molar-refractivity contribution < 1.29 is 27.1 Å². The van der Waals surface area contributed by atoms with E-state index in [1.54, 1.807) is 12.1 Å². The van der Waals surface area contributed by atoms with Crippen LogP contribution in [0.15, 0.2) is 48.5 Å². The number of carbonyl (C=O) groups is 1. The van der Waals surface area contributed by atoms with Crippen LogP contribution in [0.25, 0.3) is 0 Å². The van der Waals surface area contributed by atoms with Gasteiger partial charge in [0, 0.05) is 0 Å². The number of benzene rings is 2. The molecular weight excluding hydrogens is 350 g/mol. The zero-order chi connectivity index (χ0) is 17.7. The molecule has 3 nitrogen and oxygen atoms in total. The Morgan fingerprint density at radius 1 is 1.12 bits per heavy atom. The van der Waals surface area contributed by atoms with E-state index in [0.717, 1.165) is 0 Å². The Morgan fingerprint density at radius 3 is 2.42 bits per heavy atom. The van der Waals surface area contributed by atoms with Crippen LogP contribution in [0, 0.1) is 0 Å². The first kappa shape index (κ1) is 18.1. The molecule has 0 saturated carbocycles. The van der Waals surface area contributed by atoms with Crippen LogP contribution in [0.3, 0.4) is 0 Å². The lowest BCUT2D eigenvalue weighted by Crippen LogP contribution is -2.33. The average Bonchev–Trinajstić information content (AvgIpc) is 2.54. The first-order chi connectivity index (χ1) is 11.3. The number of hydrogen-bond donors (Lipinski definition) is 1. The Hall–Kier alpha value is -2.28. The summed E-state index contributed by atoms with van der Waals surface area (Å²) in [5, 5.41) is 2.66. The third-order valence-electron chi connectivity index (χ3n) is 2.99. The maximum atomic E-state index is 13.0. The van der Waals surface area contributed by atoms with Crippen LogP contribution in [0.1, 0.15) is 10.4 Å². The number of ether oxygens (including phenoxy) is 1. The van der Waals surface area contributed by atoms with Crippen LogP contribution in [-0.2, 0) is 0 Å². The van der Waals surface area contributed by atoms with Gasteiger partial charge < -0.3 is 10.1 Å². The summed E-state index contributed by atoms with van der Waals surface area (Å²) in [4.78, 5) is 12.2. The fourth-order valence-corrected chi connectivity index (χ4v) is 1.99.